The maximum Gasteiger partial charge on any atom is 0.239 e. The number of nitrogens with zero attached hydrogens (tertiary/aromatic N) is 2. The van der Waals surface area contributed by atoms with E-state index in [1.165, 1.54) is 19.3 Å². The molecule has 0 radical (unpaired) electrons. The van der Waals surface area contributed by atoms with Crippen molar-refractivity contribution in [2.24, 2.45) is 0 Å². The normalized spacial score (nSPS) is 21.4. The van der Waals surface area contributed by atoms with E-state index in [2.05, 4.69) is 17.3 Å². The Bertz CT molecular complexity index is 260. The fraction of sp³-hybridized carbons (Fsp3) is 0.933. The molecule has 2 atom stereocenters. The fourth-order valence-corrected chi connectivity index (χ4v) is 2.71. The highest BCUT2D eigenvalue weighted by molar-refractivity contribution is 5.81. The van der Waals surface area contributed by atoms with Gasteiger partial charge >= 0.3 is 0 Å². The third-order valence-corrected chi connectivity index (χ3v) is 4.34. The van der Waals surface area contributed by atoms with Crippen molar-refractivity contribution in [3.05, 3.63) is 0 Å². The quantitative estimate of drug-likeness (QED) is 0.764. The Labute approximate surface area is 118 Å². The summed E-state index contributed by atoms with van der Waals surface area (Å²) >= 11 is 0. The lowest BCUT2D eigenvalue weighted by atomic mass is 10.0. The average molecular weight is 269 g/mol. The van der Waals surface area contributed by atoms with Crippen LogP contribution in [0.25, 0.3) is 0 Å². The molecule has 1 saturated heterocycles. The number of likely N-dealkylation sites (N-methyl/N-ethyl adjacent to an activating group) is 2. The molecule has 1 aliphatic heterocycles. The first kappa shape index (κ1) is 16.4. The monoisotopic (exact) mass is 269 g/mol. The predicted octanol–water partition coefficient (Wildman–Crippen LogP) is 1.71. The van der Waals surface area contributed by atoms with Crippen molar-refractivity contribution < 1.29 is 4.79 Å². The lowest BCUT2D eigenvalue weighted by Crippen LogP contribution is -2.47. The molecule has 4 nitrogen and oxygen atoms in total. The summed E-state index contributed by atoms with van der Waals surface area (Å²) in [4.78, 5) is 16.4. The van der Waals surface area contributed by atoms with Crippen LogP contribution in [-0.4, -0.2) is 61.0 Å². The van der Waals surface area contributed by atoms with Gasteiger partial charge in [-0.1, -0.05) is 6.42 Å². The van der Waals surface area contributed by atoms with Crippen LogP contribution in [-0.2, 0) is 4.79 Å². The number of carbonyl (C=O) groups excluding carboxylic acids is 1. The minimum absolute atomic E-state index is 0.0107. The Kier molecular flexibility index (Phi) is 7.39. The zero-order valence-electron chi connectivity index (χ0n) is 13.1. The van der Waals surface area contributed by atoms with Crippen LogP contribution in [0.3, 0.4) is 0 Å². The van der Waals surface area contributed by atoms with Gasteiger partial charge in [-0.3, -0.25) is 9.69 Å². The fourth-order valence-electron chi connectivity index (χ4n) is 2.71. The van der Waals surface area contributed by atoms with Gasteiger partial charge in [0, 0.05) is 25.7 Å². The van der Waals surface area contributed by atoms with Crippen LogP contribution in [0.5, 0.6) is 0 Å². The molecule has 1 fully saturated rings. The molecule has 0 aromatic heterocycles. The summed E-state index contributed by atoms with van der Waals surface area (Å²) in [7, 11) is 2.06. The van der Waals surface area contributed by atoms with Gasteiger partial charge in [0.05, 0.1) is 6.04 Å². The molecule has 112 valence electrons. The number of piperidine rings is 1. The molecule has 1 N–H and O–H groups in total. The summed E-state index contributed by atoms with van der Waals surface area (Å²) < 4.78 is 0. The van der Waals surface area contributed by atoms with Gasteiger partial charge in [-0.25, -0.2) is 0 Å². The van der Waals surface area contributed by atoms with E-state index in [1.807, 2.05) is 25.7 Å². The molecule has 19 heavy (non-hydrogen) atoms. The van der Waals surface area contributed by atoms with Gasteiger partial charge in [0.2, 0.25) is 5.91 Å². The standard InChI is InChI=1S/C15H31N3O/c1-5-18(6-2)15(19)13(3)17(4)12-10-14-9-7-8-11-16-14/h13-14,16H,5-12H2,1-4H3. The Morgan fingerprint density at radius 3 is 2.53 bits per heavy atom. The lowest BCUT2D eigenvalue weighted by molar-refractivity contribution is -0.135. The third-order valence-electron chi connectivity index (χ3n) is 4.34. The van der Waals surface area contributed by atoms with E-state index in [4.69, 9.17) is 0 Å². The largest absolute Gasteiger partial charge is 0.342 e. The van der Waals surface area contributed by atoms with Gasteiger partial charge in [0.1, 0.15) is 0 Å². The van der Waals surface area contributed by atoms with Crippen LogP contribution >= 0.6 is 0 Å². The van der Waals surface area contributed by atoms with Crippen molar-refractivity contribution in [2.75, 3.05) is 33.2 Å². The first-order valence-corrected chi connectivity index (χ1v) is 7.82. The molecule has 4 heteroatoms. The summed E-state index contributed by atoms with van der Waals surface area (Å²) in [6, 6.07) is 0.635. The molecule has 0 saturated carbocycles. The smallest absolute Gasteiger partial charge is 0.239 e. The average Bonchev–Trinajstić information content (AvgIpc) is 2.46. The van der Waals surface area contributed by atoms with Crippen molar-refractivity contribution in [3.8, 4) is 0 Å². The number of carbonyl (C=O) groups is 1. The summed E-state index contributed by atoms with van der Waals surface area (Å²) in [6.07, 6.45) is 5.08. The highest BCUT2D eigenvalue weighted by Gasteiger charge is 2.22. The summed E-state index contributed by atoms with van der Waals surface area (Å²) in [5.41, 5.74) is 0. The first-order valence-electron chi connectivity index (χ1n) is 7.82. The Morgan fingerprint density at radius 1 is 1.32 bits per heavy atom. The van der Waals surface area contributed by atoms with E-state index in [9.17, 15) is 4.79 Å². The molecule has 0 aliphatic carbocycles. The Morgan fingerprint density at radius 2 is 2.00 bits per heavy atom. The minimum Gasteiger partial charge on any atom is -0.342 e. The van der Waals surface area contributed by atoms with Gasteiger partial charge in [-0.05, 0) is 53.6 Å². The van der Waals surface area contributed by atoms with E-state index in [0.717, 1.165) is 32.6 Å². The molecule has 0 aromatic carbocycles. The van der Waals surface area contributed by atoms with E-state index >= 15 is 0 Å². The predicted molar refractivity (Wildman–Crippen MR) is 80.3 cm³/mol. The second-order valence-electron chi connectivity index (χ2n) is 5.60. The van der Waals surface area contributed by atoms with Crippen LogP contribution < -0.4 is 5.32 Å². The molecule has 0 spiro atoms. The maximum atomic E-state index is 12.3. The van der Waals surface area contributed by atoms with Gasteiger partial charge in [0.15, 0.2) is 0 Å². The number of rotatable bonds is 7. The molecular formula is C15H31N3O. The maximum absolute atomic E-state index is 12.3. The number of hydrogen-bond acceptors (Lipinski definition) is 3. The van der Waals surface area contributed by atoms with Crippen LogP contribution in [0, 0.1) is 0 Å². The van der Waals surface area contributed by atoms with E-state index in [0.29, 0.717) is 6.04 Å². The molecule has 1 amide bonds. The van der Waals surface area contributed by atoms with E-state index < -0.39 is 0 Å². The number of amides is 1. The van der Waals surface area contributed by atoms with Crippen molar-refractivity contribution in [1.29, 1.82) is 0 Å². The Balaban J connectivity index is 2.34. The molecule has 1 rings (SSSR count). The highest BCUT2D eigenvalue weighted by atomic mass is 16.2. The van der Waals surface area contributed by atoms with Crippen molar-refractivity contribution in [3.63, 3.8) is 0 Å². The van der Waals surface area contributed by atoms with Crippen LogP contribution in [0.1, 0.15) is 46.5 Å². The second-order valence-corrected chi connectivity index (χ2v) is 5.60. The number of hydrogen-bond donors (Lipinski definition) is 1. The summed E-state index contributed by atoms with van der Waals surface area (Å²) in [5, 5.41) is 3.57. The second kappa shape index (κ2) is 8.54. The number of nitrogens with one attached hydrogen (secondary N) is 1. The van der Waals surface area contributed by atoms with Crippen LogP contribution in [0.2, 0.25) is 0 Å². The van der Waals surface area contributed by atoms with E-state index in [-0.39, 0.29) is 11.9 Å². The first-order chi connectivity index (χ1) is 9.10. The molecule has 1 heterocycles. The zero-order valence-corrected chi connectivity index (χ0v) is 13.1. The molecule has 2 unspecified atom stereocenters. The summed E-state index contributed by atoms with van der Waals surface area (Å²) in [5.74, 6) is 0.254. The van der Waals surface area contributed by atoms with Crippen LogP contribution in [0.15, 0.2) is 0 Å². The van der Waals surface area contributed by atoms with Crippen LogP contribution in [0.4, 0.5) is 0 Å². The van der Waals surface area contributed by atoms with E-state index in [1.54, 1.807) is 0 Å². The lowest BCUT2D eigenvalue weighted by Gasteiger charge is -2.31. The van der Waals surface area contributed by atoms with Crippen molar-refractivity contribution in [1.82, 2.24) is 15.1 Å². The van der Waals surface area contributed by atoms with Gasteiger partial charge in [-0.2, -0.15) is 0 Å². The van der Waals surface area contributed by atoms with Gasteiger partial charge in [-0.15, -0.1) is 0 Å². The molecule has 1 aliphatic rings. The zero-order chi connectivity index (χ0) is 14.3. The van der Waals surface area contributed by atoms with Gasteiger partial charge in [0.25, 0.3) is 0 Å². The van der Waals surface area contributed by atoms with Crippen molar-refractivity contribution >= 4 is 5.91 Å². The highest BCUT2D eigenvalue weighted by Crippen LogP contribution is 2.11. The molecule has 0 bridgehead atoms. The molecular weight excluding hydrogens is 238 g/mol. The minimum atomic E-state index is -0.0107. The Hall–Kier alpha value is -0.610. The summed E-state index contributed by atoms with van der Waals surface area (Å²) in [6.45, 7) is 9.86. The third kappa shape index (κ3) is 5.11. The topological polar surface area (TPSA) is 35.6 Å². The molecule has 0 aromatic rings. The van der Waals surface area contributed by atoms with Crippen molar-refractivity contribution in [2.45, 2.75) is 58.5 Å². The van der Waals surface area contributed by atoms with Gasteiger partial charge < -0.3 is 10.2 Å². The SMILES string of the molecule is CCN(CC)C(=O)C(C)N(C)CCC1CCCCN1.